The van der Waals surface area contributed by atoms with Crippen molar-refractivity contribution < 1.29 is 8.82 Å². The Labute approximate surface area is 69.1 Å². The van der Waals surface area contributed by atoms with Crippen molar-refractivity contribution >= 4 is 8.32 Å². The van der Waals surface area contributed by atoms with Crippen LogP contribution in [0.25, 0.3) is 0 Å². The first-order valence-corrected chi connectivity index (χ1v) is 7.30. The van der Waals surface area contributed by atoms with Crippen LogP contribution in [0.2, 0.25) is 18.6 Å². The van der Waals surface area contributed by atoms with Crippen molar-refractivity contribution in [3.63, 3.8) is 0 Å². The van der Waals surface area contributed by atoms with Crippen LogP contribution in [0, 0.1) is 0 Å². The Morgan fingerprint density at radius 2 is 2.36 bits per heavy atom. The maximum absolute atomic E-state index is 12.8. The van der Waals surface area contributed by atoms with E-state index in [0.717, 1.165) is 24.9 Å². The summed E-state index contributed by atoms with van der Waals surface area (Å²) < 4.78 is 18.2. The van der Waals surface area contributed by atoms with Crippen molar-refractivity contribution in [2.75, 3.05) is 0 Å². The third-order valence-electron chi connectivity index (χ3n) is 2.33. The lowest BCUT2D eigenvalue weighted by molar-refractivity contribution is 0.0353. The number of rotatable bonds is 2. The quantitative estimate of drug-likeness (QED) is 0.587. The Morgan fingerprint density at radius 1 is 1.64 bits per heavy atom. The van der Waals surface area contributed by atoms with Gasteiger partial charge in [0.2, 0.25) is 0 Å². The zero-order valence-electron chi connectivity index (χ0n) is 7.40. The van der Waals surface area contributed by atoms with Gasteiger partial charge in [0.15, 0.2) is 14.7 Å². The maximum Gasteiger partial charge on any atom is 0.193 e. The Morgan fingerprint density at radius 3 is 2.91 bits per heavy atom. The number of alkyl halides is 1. The first-order chi connectivity index (χ1) is 5.16. The fourth-order valence-electron chi connectivity index (χ4n) is 1.78. The molecule has 0 aromatic carbocycles. The van der Waals surface area contributed by atoms with Crippen LogP contribution in [0.1, 0.15) is 26.2 Å². The van der Waals surface area contributed by atoms with E-state index in [2.05, 4.69) is 13.5 Å². The van der Waals surface area contributed by atoms with Crippen LogP contribution in [0.4, 0.5) is 4.39 Å². The van der Waals surface area contributed by atoms with Crippen molar-refractivity contribution in [1.82, 2.24) is 0 Å². The summed E-state index contributed by atoms with van der Waals surface area (Å²) in [5, 5.41) is 0. The molecule has 0 N–H and O–H groups in total. The summed E-state index contributed by atoms with van der Waals surface area (Å²) in [6.45, 7) is 4.30. The highest BCUT2D eigenvalue weighted by Crippen LogP contribution is 2.30. The normalized spacial score (nSPS) is 39.0. The Balaban J connectivity index is 2.41. The largest absolute Gasteiger partial charge is 0.389 e. The molecular formula is C8H17FOSi. The fourth-order valence-corrected chi connectivity index (χ4v) is 5.01. The molecule has 0 amide bonds. The third kappa shape index (κ3) is 2.56. The third-order valence-corrected chi connectivity index (χ3v) is 6.12. The van der Waals surface area contributed by atoms with Crippen LogP contribution in [0.15, 0.2) is 0 Å². The van der Waals surface area contributed by atoms with E-state index in [0.29, 0.717) is 6.42 Å². The zero-order chi connectivity index (χ0) is 8.32. The van der Waals surface area contributed by atoms with E-state index in [1.54, 1.807) is 0 Å². The second kappa shape index (κ2) is 3.67. The predicted octanol–water partition coefficient (Wildman–Crippen LogP) is 3.08. The van der Waals surface area contributed by atoms with Gasteiger partial charge in [0.25, 0.3) is 0 Å². The van der Waals surface area contributed by atoms with E-state index in [-0.39, 0.29) is 0 Å². The van der Waals surface area contributed by atoms with E-state index in [9.17, 15) is 4.39 Å². The van der Waals surface area contributed by atoms with Gasteiger partial charge in [-0.15, -0.1) is 0 Å². The molecule has 0 saturated carbocycles. The highest BCUT2D eigenvalue weighted by Gasteiger charge is 2.34. The van der Waals surface area contributed by atoms with Gasteiger partial charge in [-0.25, -0.2) is 4.39 Å². The van der Waals surface area contributed by atoms with Gasteiger partial charge < -0.3 is 4.43 Å². The lowest BCUT2D eigenvalue weighted by Crippen LogP contribution is -2.40. The monoisotopic (exact) mass is 176 g/mol. The van der Waals surface area contributed by atoms with Crippen molar-refractivity contribution in [2.45, 2.75) is 51.2 Å². The maximum atomic E-state index is 12.8. The van der Waals surface area contributed by atoms with Crippen molar-refractivity contribution in [1.29, 1.82) is 0 Å². The van der Waals surface area contributed by atoms with Crippen LogP contribution < -0.4 is 0 Å². The number of hydrogen-bond donors (Lipinski definition) is 0. The lowest BCUT2D eigenvalue weighted by Gasteiger charge is -2.33. The second-order valence-corrected chi connectivity index (χ2v) is 7.76. The minimum absolute atomic E-state index is 0.617. The Hall–Kier alpha value is 0.107. The molecular weight excluding hydrogens is 159 g/mol. The minimum Gasteiger partial charge on any atom is -0.389 e. The predicted molar refractivity (Wildman–Crippen MR) is 46.7 cm³/mol. The summed E-state index contributed by atoms with van der Waals surface area (Å²) in [6, 6.07) is 2.27. The van der Waals surface area contributed by atoms with Crippen molar-refractivity contribution in [2.24, 2.45) is 0 Å². The van der Waals surface area contributed by atoms with E-state index < -0.39 is 14.7 Å². The van der Waals surface area contributed by atoms with Crippen LogP contribution in [0.3, 0.4) is 0 Å². The fraction of sp³-hybridized carbons (Fsp3) is 1.00. The molecule has 0 bridgehead atoms. The zero-order valence-corrected chi connectivity index (χ0v) is 8.40. The molecule has 3 heteroatoms. The lowest BCUT2D eigenvalue weighted by atomic mass is 10.3. The van der Waals surface area contributed by atoms with E-state index in [4.69, 9.17) is 4.43 Å². The minimum atomic E-state index is -1.57. The van der Waals surface area contributed by atoms with Crippen LogP contribution in [0.5, 0.6) is 0 Å². The van der Waals surface area contributed by atoms with Gasteiger partial charge in [-0.3, -0.25) is 0 Å². The molecule has 11 heavy (non-hydrogen) atoms. The van der Waals surface area contributed by atoms with Crippen LogP contribution >= 0.6 is 0 Å². The summed E-state index contributed by atoms with van der Waals surface area (Å²) in [5.41, 5.74) is 0. The summed E-state index contributed by atoms with van der Waals surface area (Å²) in [7, 11) is -1.57. The SMILES string of the molecule is CCC[Si]1(C)CCCC(F)O1. The van der Waals surface area contributed by atoms with E-state index in [1.165, 1.54) is 0 Å². The molecule has 0 aromatic rings. The Kier molecular flexibility index (Phi) is 3.07. The van der Waals surface area contributed by atoms with Gasteiger partial charge in [0, 0.05) is 6.42 Å². The molecule has 2 atom stereocenters. The molecule has 1 rings (SSSR count). The first-order valence-electron chi connectivity index (χ1n) is 4.48. The molecule has 2 unspecified atom stereocenters. The first kappa shape index (κ1) is 9.20. The molecule has 0 spiro atoms. The summed E-state index contributed by atoms with van der Waals surface area (Å²) in [5.74, 6) is 0. The molecule has 0 aliphatic carbocycles. The van der Waals surface area contributed by atoms with Gasteiger partial charge in [-0.1, -0.05) is 13.3 Å². The average Bonchev–Trinajstić information content (AvgIpc) is 1.86. The molecule has 0 radical (unpaired) electrons. The Bertz CT molecular complexity index is 127. The highest BCUT2D eigenvalue weighted by atomic mass is 28.4. The van der Waals surface area contributed by atoms with Crippen LogP contribution in [-0.2, 0) is 4.43 Å². The summed E-state index contributed by atoms with van der Waals surface area (Å²) >= 11 is 0. The van der Waals surface area contributed by atoms with E-state index in [1.807, 2.05) is 0 Å². The topological polar surface area (TPSA) is 9.23 Å². The van der Waals surface area contributed by atoms with Crippen molar-refractivity contribution in [3.8, 4) is 0 Å². The molecule has 1 aliphatic rings. The van der Waals surface area contributed by atoms with Gasteiger partial charge in [-0.2, -0.15) is 0 Å². The smallest absolute Gasteiger partial charge is 0.193 e. The average molecular weight is 176 g/mol. The molecule has 1 nitrogen and oxygen atoms in total. The van der Waals surface area contributed by atoms with Gasteiger partial charge in [-0.05, 0) is 25.1 Å². The van der Waals surface area contributed by atoms with Gasteiger partial charge in [0.05, 0.1) is 0 Å². The summed E-state index contributed by atoms with van der Waals surface area (Å²) in [6.07, 6.45) is 1.83. The summed E-state index contributed by atoms with van der Waals surface area (Å²) in [4.78, 5) is 0. The molecule has 1 fully saturated rings. The molecule has 1 saturated heterocycles. The highest BCUT2D eigenvalue weighted by molar-refractivity contribution is 6.72. The van der Waals surface area contributed by atoms with Gasteiger partial charge >= 0.3 is 0 Å². The molecule has 1 aliphatic heterocycles. The number of hydrogen-bond acceptors (Lipinski definition) is 1. The van der Waals surface area contributed by atoms with Gasteiger partial charge in [0.1, 0.15) is 0 Å². The van der Waals surface area contributed by atoms with E-state index >= 15 is 0 Å². The standard InChI is InChI=1S/C8H17FOSi/c1-3-6-11(2)7-4-5-8(9)10-11/h8H,3-7H2,1-2H3. The number of halogens is 1. The molecule has 1 heterocycles. The van der Waals surface area contributed by atoms with Crippen molar-refractivity contribution in [3.05, 3.63) is 0 Å². The molecule has 66 valence electrons. The molecule has 0 aromatic heterocycles. The second-order valence-electron chi connectivity index (χ2n) is 3.62. The van der Waals surface area contributed by atoms with Crippen LogP contribution in [-0.4, -0.2) is 14.7 Å².